The van der Waals surface area contributed by atoms with E-state index >= 15 is 0 Å². The Hall–Kier alpha value is -2.16. The number of thioether (sulfide) groups is 1. The zero-order valence-corrected chi connectivity index (χ0v) is 15.8. The third kappa shape index (κ3) is 4.32. The first-order valence-electron chi connectivity index (χ1n) is 7.31. The van der Waals surface area contributed by atoms with Crippen LogP contribution in [0.3, 0.4) is 0 Å². The smallest absolute Gasteiger partial charge is 0.325 e. The molecule has 3 rings (SSSR count). The SMILES string of the molecule is COC(=O)CN1C(=O)S/C(=C/c2ccc(Sc3ccc(Cl)cc3)o2)C1=O. The second-order valence-electron chi connectivity index (χ2n) is 5.06. The normalized spacial score (nSPS) is 15.8. The topological polar surface area (TPSA) is 76.8 Å². The molecule has 1 aromatic carbocycles. The Morgan fingerprint density at radius 2 is 2.00 bits per heavy atom. The van der Waals surface area contributed by atoms with Crippen LogP contribution in [-0.2, 0) is 14.3 Å². The maximum atomic E-state index is 12.3. The maximum Gasteiger partial charge on any atom is 0.325 e. The second kappa shape index (κ2) is 8.03. The lowest BCUT2D eigenvalue weighted by Gasteiger charge is -2.09. The summed E-state index contributed by atoms with van der Waals surface area (Å²) in [7, 11) is 1.19. The highest BCUT2D eigenvalue weighted by Crippen LogP contribution is 2.34. The average molecular weight is 410 g/mol. The lowest BCUT2D eigenvalue weighted by molar-refractivity contribution is -0.143. The van der Waals surface area contributed by atoms with Crippen molar-refractivity contribution in [3.05, 3.63) is 52.1 Å². The van der Waals surface area contributed by atoms with Crippen molar-refractivity contribution < 1.29 is 23.5 Å². The van der Waals surface area contributed by atoms with E-state index in [9.17, 15) is 14.4 Å². The lowest BCUT2D eigenvalue weighted by Crippen LogP contribution is -2.34. The van der Waals surface area contributed by atoms with Crippen molar-refractivity contribution in [1.29, 1.82) is 0 Å². The third-order valence-electron chi connectivity index (χ3n) is 3.30. The van der Waals surface area contributed by atoms with Crippen LogP contribution in [0.5, 0.6) is 0 Å². The molecule has 1 aliphatic rings. The molecular weight excluding hydrogens is 398 g/mol. The van der Waals surface area contributed by atoms with E-state index in [1.165, 1.54) is 24.9 Å². The summed E-state index contributed by atoms with van der Waals surface area (Å²) in [5, 5.41) is 0.762. The average Bonchev–Trinajstić information content (AvgIpc) is 3.16. The van der Waals surface area contributed by atoms with Gasteiger partial charge in [-0.1, -0.05) is 23.4 Å². The Bertz CT molecular complexity index is 891. The number of amides is 2. The van der Waals surface area contributed by atoms with Gasteiger partial charge >= 0.3 is 5.97 Å². The Morgan fingerprint density at radius 1 is 1.27 bits per heavy atom. The van der Waals surface area contributed by atoms with Crippen molar-refractivity contribution in [3.8, 4) is 0 Å². The molecule has 1 aromatic heterocycles. The van der Waals surface area contributed by atoms with Crippen molar-refractivity contribution in [3.63, 3.8) is 0 Å². The summed E-state index contributed by atoms with van der Waals surface area (Å²) in [5.74, 6) is -0.771. The fourth-order valence-corrected chi connectivity index (χ4v) is 3.77. The zero-order valence-electron chi connectivity index (χ0n) is 13.4. The Morgan fingerprint density at radius 3 is 2.69 bits per heavy atom. The molecule has 9 heteroatoms. The molecule has 134 valence electrons. The van der Waals surface area contributed by atoms with Gasteiger partial charge in [0.15, 0.2) is 5.09 Å². The first-order chi connectivity index (χ1) is 12.5. The molecule has 0 spiro atoms. The van der Waals surface area contributed by atoms with Crippen molar-refractivity contribution in [2.75, 3.05) is 13.7 Å². The summed E-state index contributed by atoms with van der Waals surface area (Å²) in [6, 6.07) is 10.8. The third-order valence-corrected chi connectivity index (χ3v) is 5.38. The van der Waals surface area contributed by atoms with E-state index in [0.29, 0.717) is 15.9 Å². The number of nitrogens with zero attached hydrogens (tertiary/aromatic N) is 1. The van der Waals surface area contributed by atoms with Gasteiger partial charge in [0, 0.05) is 16.0 Å². The highest BCUT2D eigenvalue weighted by molar-refractivity contribution is 8.18. The second-order valence-corrected chi connectivity index (χ2v) is 7.56. The van der Waals surface area contributed by atoms with Gasteiger partial charge < -0.3 is 9.15 Å². The fraction of sp³-hybridized carbons (Fsp3) is 0.118. The first-order valence-corrected chi connectivity index (χ1v) is 9.33. The number of benzene rings is 1. The number of esters is 1. The quantitative estimate of drug-likeness (QED) is 0.538. The molecule has 26 heavy (non-hydrogen) atoms. The van der Waals surface area contributed by atoms with Crippen molar-refractivity contribution in [2.24, 2.45) is 0 Å². The van der Waals surface area contributed by atoms with Crippen LogP contribution >= 0.6 is 35.1 Å². The maximum absolute atomic E-state index is 12.3. The number of halogens is 1. The van der Waals surface area contributed by atoms with Gasteiger partial charge in [-0.15, -0.1) is 0 Å². The van der Waals surface area contributed by atoms with Crippen molar-refractivity contribution in [1.82, 2.24) is 4.90 Å². The van der Waals surface area contributed by atoms with Crippen LogP contribution in [0, 0.1) is 0 Å². The number of methoxy groups -OCH3 is 1. The Labute approximate surface area is 162 Å². The van der Waals surface area contributed by atoms with Gasteiger partial charge in [0.25, 0.3) is 11.1 Å². The molecule has 0 N–H and O–H groups in total. The molecule has 2 heterocycles. The molecule has 0 radical (unpaired) electrons. The van der Waals surface area contributed by atoms with E-state index in [1.807, 2.05) is 12.1 Å². The van der Waals surface area contributed by atoms with Gasteiger partial charge in [-0.2, -0.15) is 0 Å². The van der Waals surface area contributed by atoms with Crippen LogP contribution in [0.2, 0.25) is 5.02 Å². The van der Waals surface area contributed by atoms with Crippen LogP contribution in [-0.4, -0.2) is 35.7 Å². The van der Waals surface area contributed by atoms with Crippen LogP contribution in [0.15, 0.2) is 55.7 Å². The predicted molar refractivity (Wildman–Crippen MR) is 99.0 cm³/mol. The van der Waals surface area contributed by atoms with Gasteiger partial charge in [-0.05, 0) is 48.2 Å². The summed E-state index contributed by atoms with van der Waals surface area (Å²) < 4.78 is 10.2. The molecular formula is C17H12ClNO5S2. The Kier molecular flexibility index (Phi) is 5.75. The summed E-state index contributed by atoms with van der Waals surface area (Å²) in [6.45, 7) is -0.408. The minimum Gasteiger partial charge on any atom is -0.468 e. The largest absolute Gasteiger partial charge is 0.468 e. The standard InChI is InChI=1S/C17H12ClNO5S2/c1-23-14(20)9-19-16(21)13(26-17(19)22)8-11-4-7-15(24-11)25-12-5-2-10(18)3-6-12/h2-8H,9H2,1H3/b13-8+. The Balaban J connectivity index is 1.71. The summed E-state index contributed by atoms with van der Waals surface area (Å²) in [6.07, 6.45) is 1.48. The van der Waals surface area contributed by atoms with Gasteiger partial charge in [0.2, 0.25) is 0 Å². The molecule has 0 saturated carbocycles. The number of ether oxygens (including phenoxy) is 1. The number of hydrogen-bond donors (Lipinski definition) is 0. The minimum atomic E-state index is -0.659. The molecule has 0 unspecified atom stereocenters. The molecule has 1 saturated heterocycles. The van der Waals surface area contributed by atoms with Crippen LogP contribution in [0.4, 0.5) is 4.79 Å². The van der Waals surface area contributed by atoms with E-state index in [4.69, 9.17) is 16.0 Å². The minimum absolute atomic E-state index is 0.191. The van der Waals surface area contributed by atoms with E-state index in [-0.39, 0.29) is 4.91 Å². The van der Waals surface area contributed by atoms with Crippen LogP contribution < -0.4 is 0 Å². The van der Waals surface area contributed by atoms with Gasteiger partial charge in [-0.25, -0.2) is 0 Å². The van der Waals surface area contributed by atoms with Gasteiger partial charge in [-0.3, -0.25) is 19.3 Å². The van der Waals surface area contributed by atoms with Crippen molar-refractivity contribution in [2.45, 2.75) is 9.99 Å². The summed E-state index contributed by atoms with van der Waals surface area (Å²) in [5.41, 5.74) is 0. The van der Waals surface area contributed by atoms with Crippen LogP contribution in [0.1, 0.15) is 5.76 Å². The first kappa shape index (κ1) is 18.6. The number of imide groups is 1. The van der Waals surface area contributed by atoms with Gasteiger partial charge in [0.05, 0.1) is 12.0 Å². The molecule has 6 nitrogen and oxygen atoms in total. The lowest BCUT2D eigenvalue weighted by atomic mass is 10.3. The highest BCUT2D eigenvalue weighted by atomic mass is 35.5. The molecule has 1 aliphatic heterocycles. The number of carbonyl (C=O) groups is 3. The number of furan rings is 1. The molecule has 0 atom stereocenters. The molecule has 0 bridgehead atoms. The predicted octanol–water partition coefficient (Wildman–Crippen LogP) is 4.29. The van der Waals surface area contributed by atoms with E-state index in [1.54, 1.807) is 24.3 Å². The summed E-state index contributed by atoms with van der Waals surface area (Å²) in [4.78, 5) is 37.4. The molecule has 1 fully saturated rings. The number of rotatable bonds is 5. The molecule has 2 aromatic rings. The zero-order chi connectivity index (χ0) is 18.7. The molecule has 0 aliphatic carbocycles. The monoisotopic (exact) mass is 409 g/mol. The highest BCUT2D eigenvalue weighted by Gasteiger charge is 2.36. The molecule has 2 amide bonds. The summed E-state index contributed by atoms with van der Waals surface area (Å²) >= 11 is 8.01. The number of hydrogen-bond acceptors (Lipinski definition) is 7. The van der Waals surface area contributed by atoms with Crippen LogP contribution in [0.25, 0.3) is 6.08 Å². The van der Waals surface area contributed by atoms with E-state index in [0.717, 1.165) is 21.6 Å². The van der Waals surface area contributed by atoms with E-state index in [2.05, 4.69) is 4.74 Å². The number of carbonyl (C=O) groups excluding carboxylic acids is 3. The van der Waals surface area contributed by atoms with Crippen molar-refractivity contribution >= 4 is 58.3 Å². The van der Waals surface area contributed by atoms with E-state index < -0.39 is 23.7 Å². The fourth-order valence-electron chi connectivity index (χ4n) is 2.04. The van der Waals surface area contributed by atoms with Gasteiger partial charge in [0.1, 0.15) is 12.3 Å².